The van der Waals surface area contributed by atoms with Gasteiger partial charge in [-0.15, -0.1) is 0 Å². The Morgan fingerprint density at radius 2 is 1.68 bits per heavy atom. The van der Waals surface area contributed by atoms with Crippen LogP contribution in [-0.4, -0.2) is 72.0 Å². The summed E-state index contributed by atoms with van der Waals surface area (Å²) in [5, 5.41) is 30.9. The summed E-state index contributed by atoms with van der Waals surface area (Å²) in [5.41, 5.74) is 4.04. The number of imidazole rings is 1. The number of carbonyl (C=O) groups excluding carboxylic acids is 1. The molecule has 1 amide bonds. The molecule has 4 heterocycles. The van der Waals surface area contributed by atoms with Crippen LogP contribution in [0.5, 0.6) is 0 Å². The summed E-state index contributed by atoms with van der Waals surface area (Å²) in [6.07, 6.45) is -0.224. The van der Waals surface area contributed by atoms with Crippen LogP contribution in [0.4, 0.5) is 11.8 Å². The van der Waals surface area contributed by atoms with Crippen molar-refractivity contribution >= 4 is 28.8 Å². The fourth-order valence-electron chi connectivity index (χ4n) is 5.37. The first-order valence-corrected chi connectivity index (χ1v) is 14.5. The molecule has 0 saturated carbocycles. The van der Waals surface area contributed by atoms with Crippen LogP contribution in [0.1, 0.15) is 35.8 Å². The van der Waals surface area contributed by atoms with Crippen molar-refractivity contribution in [1.82, 2.24) is 29.8 Å². The van der Waals surface area contributed by atoms with Gasteiger partial charge in [0.1, 0.15) is 12.2 Å². The highest BCUT2D eigenvalue weighted by Gasteiger charge is 2.47. The Balaban J connectivity index is 1.35. The lowest BCUT2D eigenvalue weighted by atomic mass is 9.91. The highest BCUT2D eigenvalue weighted by atomic mass is 16.6. The van der Waals surface area contributed by atoms with Gasteiger partial charge >= 0.3 is 0 Å². The molecule has 6 rings (SSSR count). The second-order valence-corrected chi connectivity index (χ2v) is 10.5. The van der Waals surface area contributed by atoms with Gasteiger partial charge < -0.3 is 30.9 Å². The number of nitrogens with one attached hydrogen (secondary N) is 3. The molecule has 4 atom stereocenters. The number of amides is 1. The molecule has 0 aliphatic carbocycles. The van der Waals surface area contributed by atoms with Crippen LogP contribution < -0.4 is 16.0 Å². The molecule has 0 unspecified atom stereocenters. The van der Waals surface area contributed by atoms with E-state index in [1.54, 1.807) is 19.3 Å². The topological polar surface area (TPSA) is 159 Å². The molecule has 1 aliphatic heterocycles. The number of hydrogen-bond acceptors (Lipinski definition) is 10. The summed E-state index contributed by atoms with van der Waals surface area (Å²) in [4.78, 5) is 30.7. The van der Waals surface area contributed by atoms with Crippen molar-refractivity contribution in [2.75, 3.05) is 23.7 Å². The number of benzene rings is 2. The lowest BCUT2D eigenvalue weighted by Gasteiger charge is -2.20. The van der Waals surface area contributed by atoms with Gasteiger partial charge in [-0.25, -0.2) is 4.98 Å². The third kappa shape index (κ3) is 6.09. The van der Waals surface area contributed by atoms with Gasteiger partial charge in [-0.05, 0) is 29.7 Å². The van der Waals surface area contributed by atoms with Crippen LogP contribution in [-0.2, 0) is 16.1 Å². The fraction of sp³-hybridized carbons (Fsp3) is 0.281. The molecule has 5 N–H and O–H groups in total. The van der Waals surface area contributed by atoms with Crippen molar-refractivity contribution in [3.05, 3.63) is 108 Å². The molecular formula is C32H34N8O4. The Hall–Kier alpha value is -4.91. The third-order valence-corrected chi connectivity index (χ3v) is 7.59. The molecular weight excluding hydrogens is 560 g/mol. The van der Waals surface area contributed by atoms with Gasteiger partial charge in [-0.2, -0.15) is 9.97 Å². The zero-order valence-corrected chi connectivity index (χ0v) is 24.1. The quantitative estimate of drug-likeness (QED) is 0.154. The van der Waals surface area contributed by atoms with E-state index in [1.807, 2.05) is 48.5 Å². The standard InChI is InChI=1S/C32H34N8O4/c1-2-34-30(43)27-25(41)26(42)31(44-27)40-19-37-24-28(38-32(39-29(24)40)36-17-20-10-9-15-33-16-20)35-18-23(21-11-5-3-6-12-21)22-13-7-4-8-14-22/h3-16,19,23,25-27,31,41-42H,2,17-18H2,1H3,(H,34,43)(H2,35,36,38,39)/t25-,26+,27-,31+/m0/s1. The number of ether oxygens (including phenoxy) is 1. The Morgan fingerprint density at radius 3 is 2.34 bits per heavy atom. The van der Waals surface area contributed by atoms with Gasteiger partial charge in [0.05, 0.1) is 6.33 Å². The van der Waals surface area contributed by atoms with Gasteiger partial charge in [0.25, 0.3) is 5.91 Å². The van der Waals surface area contributed by atoms with Gasteiger partial charge in [-0.1, -0.05) is 66.7 Å². The summed E-state index contributed by atoms with van der Waals surface area (Å²) < 4.78 is 7.40. The van der Waals surface area contributed by atoms with Crippen LogP contribution in [0, 0.1) is 0 Å². The molecule has 1 fully saturated rings. The number of aliphatic hydroxyl groups excluding tert-OH is 2. The number of aromatic nitrogens is 5. The lowest BCUT2D eigenvalue weighted by Crippen LogP contribution is -2.42. The number of hydrogen-bond donors (Lipinski definition) is 5. The molecule has 0 bridgehead atoms. The number of aliphatic hydroxyl groups is 2. The van der Waals surface area contributed by atoms with Crippen molar-refractivity contribution in [2.24, 2.45) is 0 Å². The van der Waals surface area contributed by atoms with Crippen LogP contribution in [0.25, 0.3) is 11.2 Å². The minimum absolute atomic E-state index is 0.0178. The van der Waals surface area contributed by atoms with E-state index in [0.717, 1.165) is 16.7 Å². The van der Waals surface area contributed by atoms with Crippen LogP contribution in [0.15, 0.2) is 91.5 Å². The second kappa shape index (κ2) is 13.2. The summed E-state index contributed by atoms with van der Waals surface area (Å²) >= 11 is 0. The van der Waals surface area contributed by atoms with Crippen molar-refractivity contribution < 1.29 is 19.7 Å². The average Bonchev–Trinajstić information content (AvgIpc) is 3.62. The number of fused-ring (bicyclic) bond motifs is 1. The normalized spacial score (nSPS) is 19.7. The third-order valence-electron chi connectivity index (χ3n) is 7.59. The van der Waals surface area contributed by atoms with E-state index in [1.165, 1.54) is 10.9 Å². The van der Waals surface area contributed by atoms with E-state index >= 15 is 0 Å². The van der Waals surface area contributed by atoms with E-state index in [0.29, 0.717) is 42.6 Å². The van der Waals surface area contributed by atoms with Crippen LogP contribution in [0.3, 0.4) is 0 Å². The summed E-state index contributed by atoms with van der Waals surface area (Å²) in [5.74, 6) is 0.307. The van der Waals surface area contributed by atoms with Gasteiger partial charge in [-0.3, -0.25) is 14.3 Å². The first kappa shape index (κ1) is 29.2. The maximum Gasteiger partial charge on any atom is 0.252 e. The maximum absolute atomic E-state index is 12.5. The van der Waals surface area contributed by atoms with E-state index in [2.05, 4.69) is 50.2 Å². The molecule has 5 aromatic rings. The molecule has 0 spiro atoms. The summed E-state index contributed by atoms with van der Waals surface area (Å²) in [6, 6.07) is 24.2. The number of rotatable bonds is 11. The molecule has 0 radical (unpaired) electrons. The first-order valence-electron chi connectivity index (χ1n) is 14.5. The SMILES string of the molecule is CCNC(=O)[C@H]1O[C@@H](n2cnc3c(NCC(c4ccccc4)c4ccccc4)nc(NCc4cccnc4)nc32)[C@H](O)[C@@H]1O. The monoisotopic (exact) mass is 594 g/mol. The number of carbonyl (C=O) groups is 1. The molecule has 1 saturated heterocycles. The summed E-state index contributed by atoms with van der Waals surface area (Å²) in [6.45, 7) is 3.06. The predicted molar refractivity (Wildman–Crippen MR) is 165 cm³/mol. The Labute approximate surface area is 254 Å². The number of anilines is 2. The number of nitrogens with zero attached hydrogens (tertiary/aromatic N) is 5. The van der Waals surface area contributed by atoms with Gasteiger partial charge in [0.2, 0.25) is 5.95 Å². The van der Waals surface area contributed by atoms with E-state index in [4.69, 9.17) is 14.7 Å². The number of likely N-dealkylation sites (N-methyl/N-ethyl adjacent to an activating group) is 1. The molecule has 12 nitrogen and oxygen atoms in total. The van der Waals surface area contributed by atoms with Gasteiger partial charge in [0.15, 0.2) is 29.3 Å². The van der Waals surface area contributed by atoms with E-state index in [-0.39, 0.29) is 5.92 Å². The van der Waals surface area contributed by atoms with Crippen molar-refractivity contribution in [1.29, 1.82) is 0 Å². The van der Waals surface area contributed by atoms with Crippen molar-refractivity contribution in [2.45, 2.75) is 43.9 Å². The molecule has 226 valence electrons. The highest BCUT2D eigenvalue weighted by Crippen LogP contribution is 2.34. The van der Waals surface area contributed by atoms with Crippen molar-refractivity contribution in [3.63, 3.8) is 0 Å². The minimum Gasteiger partial charge on any atom is -0.387 e. The molecule has 12 heteroatoms. The zero-order valence-electron chi connectivity index (χ0n) is 24.1. The largest absolute Gasteiger partial charge is 0.387 e. The molecule has 44 heavy (non-hydrogen) atoms. The first-order chi connectivity index (χ1) is 21.5. The Kier molecular flexibility index (Phi) is 8.73. The lowest BCUT2D eigenvalue weighted by molar-refractivity contribution is -0.137. The number of pyridine rings is 1. The smallest absolute Gasteiger partial charge is 0.252 e. The minimum atomic E-state index is -1.43. The van der Waals surface area contributed by atoms with E-state index < -0.39 is 30.4 Å². The Bertz CT molecular complexity index is 1650. The zero-order chi connectivity index (χ0) is 30.5. The molecule has 2 aromatic carbocycles. The highest BCUT2D eigenvalue weighted by molar-refractivity contribution is 5.85. The maximum atomic E-state index is 12.5. The van der Waals surface area contributed by atoms with Gasteiger partial charge in [0, 0.05) is 37.9 Å². The Morgan fingerprint density at radius 1 is 0.955 bits per heavy atom. The van der Waals surface area contributed by atoms with E-state index in [9.17, 15) is 15.0 Å². The summed E-state index contributed by atoms with van der Waals surface area (Å²) in [7, 11) is 0. The van der Waals surface area contributed by atoms with Crippen LogP contribution >= 0.6 is 0 Å². The second-order valence-electron chi connectivity index (χ2n) is 10.5. The predicted octanol–water partition coefficient (Wildman–Crippen LogP) is 2.83. The average molecular weight is 595 g/mol. The molecule has 3 aromatic heterocycles. The molecule has 1 aliphatic rings. The fourth-order valence-corrected chi connectivity index (χ4v) is 5.37. The van der Waals surface area contributed by atoms with Crippen LogP contribution in [0.2, 0.25) is 0 Å². The van der Waals surface area contributed by atoms with Crippen molar-refractivity contribution in [3.8, 4) is 0 Å².